The minimum absolute atomic E-state index is 0.207. The number of hydrogen-bond acceptors (Lipinski definition) is 1. The van der Waals surface area contributed by atoms with E-state index in [0.717, 1.165) is 12.7 Å². The number of carbonyl (C=O) groups excluding carboxylic acids is 1. The first-order chi connectivity index (χ1) is 3.62. The largest absolute Gasteiger partial charge is 0.303 e. The lowest BCUT2D eigenvalue weighted by Gasteiger charge is -2.11. The van der Waals surface area contributed by atoms with Crippen molar-refractivity contribution in [3.8, 4) is 0 Å². The van der Waals surface area contributed by atoms with Gasteiger partial charge in [0.1, 0.15) is 6.29 Å². The predicted molar refractivity (Wildman–Crippen MR) is 34.7 cm³/mol. The van der Waals surface area contributed by atoms with Gasteiger partial charge in [0.2, 0.25) is 0 Å². The molecule has 0 atom stereocenters. The van der Waals surface area contributed by atoms with E-state index in [1.807, 2.05) is 13.8 Å². The van der Waals surface area contributed by atoms with Crippen LogP contribution in [0.5, 0.6) is 0 Å². The van der Waals surface area contributed by atoms with E-state index in [0.29, 0.717) is 0 Å². The van der Waals surface area contributed by atoms with E-state index in [-0.39, 0.29) is 5.41 Å². The Bertz CT molecular complexity index is 92.6. The van der Waals surface area contributed by atoms with Crippen LogP contribution < -0.4 is 0 Å². The summed E-state index contributed by atoms with van der Waals surface area (Å²) in [6, 6.07) is 0. The normalized spacial score (nSPS) is 10.8. The Morgan fingerprint density at radius 2 is 2.12 bits per heavy atom. The fourth-order valence-electron chi connectivity index (χ4n) is 0.420. The number of allylic oxidation sites excluding steroid dienone is 1. The molecule has 0 saturated heterocycles. The molecule has 46 valence electrons. The van der Waals surface area contributed by atoms with Crippen molar-refractivity contribution in [1.82, 2.24) is 0 Å². The summed E-state index contributed by atoms with van der Waals surface area (Å²) in [5.41, 5.74) is -0.207. The van der Waals surface area contributed by atoms with Crippen LogP contribution in [0.25, 0.3) is 0 Å². The van der Waals surface area contributed by atoms with Crippen molar-refractivity contribution >= 4 is 6.29 Å². The Labute approximate surface area is 50.4 Å². The molecule has 0 heterocycles. The zero-order valence-electron chi connectivity index (χ0n) is 5.48. The Morgan fingerprint density at radius 3 is 2.25 bits per heavy atom. The van der Waals surface area contributed by atoms with Crippen LogP contribution in [0.3, 0.4) is 0 Å². The van der Waals surface area contributed by atoms with Crippen molar-refractivity contribution in [3.63, 3.8) is 0 Å². The predicted octanol–water partition coefficient (Wildman–Crippen LogP) is 1.79. The number of carbonyl (C=O) groups is 1. The van der Waals surface area contributed by atoms with Gasteiger partial charge >= 0.3 is 0 Å². The highest BCUT2D eigenvalue weighted by atomic mass is 16.1. The van der Waals surface area contributed by atoms with Crippen LogP contribution in [-0.4, -0.2) is 6.29 Å². The van der Waals surface area contributed by atoms with Crippen LogP contribution in [0, 0.1) is 5.41 Å². The van der Waals surface area contributed by atoms with Gasteiger partial charge in [-0.2, -0.15) is 0 Å². The Kier molecular flexibility index (Phi) is 2.46. The molecule has 0 saturated carbocycles. The van der Waals surface area contributed by atoms with E-state index in [1.54, 1.807) is 6.08 Å². The summed E-state index contributed by atoms with van der Waals surface area (Å²) in [6.07, 6.45) is 3.47. The lowest BCUT2D eigenvalue weighted by Crippen LogP contribution is -2.10. The lowest BCUT2D eigenvalue weighted by atomic mass is 9.92. The van der Waals surface area contributed by atoms with Crippen molar-refractivity contribution < 1.29 is 4.79 Å². The quantitative estimate of drug-likeness (QED) is 0.402. The standard InChI is InChI=1S/C7H12O/c1-4-5-7(2,3)6-8/h4,6H,1,5H2,2-3H3. The molecule has 0 aromatic carbocycles. The van der Waals surface area contributed by atoms with E-state index in [1.165, 1.54) is 0 Å². The first-order valence-electron chi connectivity index (χ1n) is 2.69. The monoisotopic (exact) mass is 112 g/mol. The molecule has 1 heteroatoms. The lowest BCUT2D eigenvalue weighted by molar-refractivity contribution is -0.114. The van der Waals surface area contributed by atoms with E-state index in [9.17, 15) is 4.79 Å². The molecular weight excluding hydrogens is 100 g/mol. The summed E-state index contributed by atoms with van der Waals surface area (Å²) in [4.78, 5) is 10.2. The van der Waals surface area contributed by atoms with Gasteiger partial charge in [0.15, 0.2) is 0 Å². The third-order valence-electron chi connectivity index (χ3n) is 0.989. The summed E-state index contributed by atoms with van der Waals surface area (Å²) >= 11 is 0. The molecule has 0 aromatic rings. The smallest absolute Gasteiger partial charge is 0.125 e. The molecule has 0 fully saturated rings. The summed E-state index contributed by atoms with van der Waals surface area (Å²) in [5.74, 6) is 0. The molecule has 0 radical (unpaired) electrons. The highest BCUT2D eigenvalue weighted by molar-refractivity contribution is 5.58. The van der Waals surface area contributed by atoms with Crippen LogP contribution in [0.15, 0.2) is 12.7 Å². The summed E-state index contributed by atoms with van der Waals surface area (Å²) in [5, 5.41) is 0. The molecule has 0 amide bonds. The second kappa shape index (κ2) is 2.65. The molecule has 0 aliphatic heterocycles. The average Bonchev–Trinajstić information content (AvgIpc) is 1.67. The van der Waals surface area contributed by atoms with Gasteiger partial charge in [-0.1, -0.05) is 19.9 Å². The number of rotatable bonds is 3. The molecule has 0 spiro atoms. The minimum Gasteiger partial charge on any atom is -0.303 e. The second-order valence-corrected chi connectivity index (χ2v) is 2.60. The van der Waals surface area contributed by atoms with Gasteiger partial charge < -0.3 is 4.79 Å². The summed E-state index contributed by atoms with van der Waals surface area (Å²) in [6.45, 7) is 7.32. The van der Waals surface area contributed by atoms with Crippen LogP contribution in [-0.2, 0) is 4.79 Å². The van der Waals surface area contributed by atoms with Crippen molar-refractivity contribution in [2.75, 3.05) is 0 Å². The van der Waals surface area contributed by atoms with Gasteiger partial charge in [-0.15, -0.1) is 6.58 Å². The van der Waals surface area contributed by atoms with Crippen molar-refractivity contribution in [3.05, 3.63) is 12.7 Å². The van der Waals surface area contributed by atoms with Crippen LogP contribution in [0.4, 0.5) is 0 Å². The molecule has 1 nitrogen and oxygen atoms in total. The Balaban J connectivity index is 3.70. The number of aldehydes is 1. The van der Waals surface area contributed by atoms with Gasteiger partial charge in [0.25, 0.3) is 0 Å². The molecule has 0 aliphatic carbocycles. The maximum Gasteiger partial charge on any atom is 0.125 e. The molecule has 0 rings (SSSR count). The van der Waals surface area contributed by atoms with Crippen LogP contribution in [0.1, 0.15) is 20.3 Å². The third-order valence-corrected chi connectivity index (χ3v) is 0.989. The topological polar surface area (TPSA) is 17.1 Å². The first kappa shape index (κ1) is 7.41. The Hall–Kier alpha value is -0.590. The van der Waals surface area contributed by atoms with Gasteiger partial charge in [-0.3, -0.25) is 0 Å². The molecule has 0 bridgehead atoms. The molecular formula is C7H12O. The van der Waals surface area contributed by atoms with E-state index < -0.39 is 0 Å². The highest BCUT2D eigenvalue weighted by Crippen LogP contribution is 2.15. The molecule has 8 heavy (non-hydrogen) atoms. The van der Waals surface area contributed by atoms with Gasteiger partial charge in [0.05, 0.1) is 0 Å². The van der Waals surface area contributed by atoms with Crippen molar-refractivity contribution in [1.29, 1.82) is 0 Å². The van der Waals surface area contributed by atoms with Crippen LogP contribution >= 0.6 is 0 Å². The maximum atomic E-state index is 10.2. The molecule has 0 N–H and O–H groups in total. The molecule has 0 aliphatic rings. The fraction of sp³-hybridized carbons (Fsp3) is 0.571. The summed E-state index contributed by atoms with van der Waals surface area (Å²) in [7, 11) is 0. The zero-order valence-corrected chi connectivity index (χ0v) is 5.48. The van der Waals surface area contributed by atoms with Gasteiger partial charge in [-0.25, -0.2) is 0 Å². The average molecular weight is 112 g/mol. The fourth-order valence-corrected chi connectivity index (χ4v) is 0.420. The first-order valence-corrected chi connectivity index (χ1v) is 2.69. The SMILES string of the molecule is C=CCC(C)(C)C=O. The van der Waals surface area contributed by atoms with E-state index in [4.69, 9.17) is 0 Å². The number of hydrogen-bond donors (Lipinski definition) is 0. The molecule has 0 aromatic heterocycles. The Morgan fingerprint density at radius 1 is 1.62 bits per heavy atom. The minimum atomic E-state index is -0.207. The zero-order chi connectivity index (χ0) is 6.62. The molecule has 0 unspecified atom stereocenters. The summed E-state index contributed by atoms with van der Waals surface area (Å²) < 4.78 is 0. The third kappa shape index (κ3) is 2.56. The second-order valence-electron chi connectivity index (χ2n) is 2.60. The maximum absolute atomic E-state index is 10.2. The van der Waals surface area contributed by atoms with E-state index >= 15 is 0 Å². The van der Waals surface area contributed by atoms with Crippen molar-refractivity contribution in [2.24, 2.45) is 5.41 Å². The van der Waals surface area contributed by atoms with Gasteiger partial charge in [0, 0.05) is 5.41 Å². The highest BCUT2D eigenvalue weighted by Gasteiger charge is 2.12. The van der Waals surface area contributed by atoms with Crippen LogP contribution in [0.2, 0.25) is 0 Å². The van der Waals surface area contributed by atoms with Gasteiger partial charge in [-0.05, 0) is 6.42 Å². The van der Waals surface area contributed by atoms with Crippen molar-refractivity contribution in [2.45, 2.75) is 20.3 Å². The van der Waals surface area contributed by atoms with E-state index in [2.05, 4.69) is 6.58 Å².